The maximum Gasteiger partial charge on any atom is 0.289 e. The van der Waals surface area contributed by atoms with Crippen LogP contribution in [-0.4, -0.2) is 62.1 Å². The monoisotopic (exact) mass is 454 g/mol. The molecule has 1 aliphatic carbocycles. The van der Waals surface area contributed by atoms with Gasteiger partial charge in [0, 0.05) is 31.2 Å². The zero-order valence-electron chi connectivity index (χ0n) is 17.9. The Morgan fingerprint density at radius 1 is 1.03 bits per heavy atom. The van der Waals surface area contributed by atoms with Crippen molar-refractivity contribution in [3.05, 3.63) is 64.8 Å². The summed E-state index contributed by atoms with van der Waals surface area (Å²) < 4.78 is 7.34. The Kier molecular flexibility index (Phi) is 6.23. The van der Waals surface area contributed by atoms with E-state index in [9.17, 15) is 4.79 Å². The van der Waals surface area contributed by atoms with Crippen molar-refractivity contribution in [1.82, 2.24) is 30.0 Å². The predicted octanol–water partition coefficient (Wildman–Crippen LogP) is 3.97. The molecule has 0 spiro atoms. The summed E-state index contributed by atoms with van der Waals surface area (Å²) in [4.78, 5) is 16.9. The summed E-state index contributed by atoms with van der Waals surface area (Å²) in [6, 6.07) is 11.6. The van der Waals surface area contributed by atoms with Gasteiger partial charge in [0.05, 0.1) is 18.3 Å². The van der Waals surface area contributed by atoms with Crippen LogP contribution >= 0.6 is 11.6 Å². The fraction of sp³-hybridized carbons (Fsp3) is 0.478. The van der Waals surface area contributed by atoms with Crippen molar-refractivity contribution in [2.75, 3.05) is 26.2 Å². The molecule has 1 saturated carbocycles. The van der Waals surface area contributed by atoms with Crippen molar-refractivity contribution in [2.24, 2.45) is 0 Å². The summed E-state index contributed by atoms with van der Waals surface area (Å²) in [6.07, 6.45) is 7.45. The van der Waals surface area contributed by atoms with Crippen molar-refractivity contribution >= 4 is 17.5 Å². The predicted molar refractivity (Wildman–Crippen MR) is 119 cm³/mol. The third-order valence-corrected chi connectivity index (χ3v) is 6.82. The van der Waals surface area contributed by atoms with Crippen LogP contribution in [0.25, 0.3) is 0 Å². The lowest BCUT2D eigenvalue weighted by atomic mass is 9.95. The topological polar surface area (TPSA) is 80.3 Å². The maximum atomic E-state index is 12.7. The van der Waals surface area contributed by atoms with Gasteiger partial charge in [-0.2, -0.15) is 0 Å². The number of piperazine rings is 1. The number of tetrazole rings is 1. The highest BCUT2D eigenvalue weighted by Crippen LogP contribution is 2.34. The van der Waals surface area contributed by atoms with Crippen LogP contribution in [0.1, 0.15) is 66.1 Å². The molecule has 1 amide bonds. The number of carbonyl (C=O) groups excluding carboxylic acids is 1. The zero-order chi connectivity index (χ0) is 21.9. The van der Waals surface area contributed by atoms with Gasteiger partial charge in [0.1, 0.15) is 0 Å². The molecule has 5 rings (SSSR count). The van der Waals surface area contributed by atoms with Gasteiger partial charge in [0.15, 0.2) is 11.6 Å². The molecule has 0 bridgehead atoms. The number of halogens is 1. The van der Waals surface area contributed by atoms with Gasteiger partial charge in [-0.1, -0.05) is 43.0 Å². The number of benzene rings is 1. The van der Waals surface area contributed by atoms with Crippen LogP contribution in [0.4, 0.5) is 0 Å². The summed E-state index contributed by atoms with van der Waals surface area (Å²) >= 11 is 6.17. The quantitative estimate of drug-likeness (QED) is 0.580. The van der Waals surface area contributed by atoms with Crippen LogP contribution in [0.3, 0.4) is 0 Å². The molecular weight excluding hydrogens is 428 g/mol. The van der Waals surface area contributed by atoms with E-state index in [1.54, 1.807) is 12.1 Å². The Hall–Kier alpha value is -2.71. The molecule has 2 aliphatic rings. The largest absolute Gasteiger partial charge is 0.459 e. The first-order valence-corrected chi connectivity index (χ1v) is 11.7. The molecule has 2 aromatic heterocycles. The number of carbonyl (C=O) groups is 1. The average molecular weight is 455 g/mol. The Bertz CT molecular complexity index is 1020. The smallest absolute Gasteiger partial charge is 0.289 e. The molecule has 1 aliphatic heterocycles. The summed E-state index contributed by atoms with van der Waals surface area (Å²) in [6.45, 7) is 2.68. The van der Waals surface area contributed by atoms with Crippen LogP contribution in [0.5, 0.6) is 0 Å². The van der Waals surface area contributed by atoms with Crippen LogP contribution < -0.4 is 0 Å². The summed E-state index contributed by atoms with van der Waals surface area (Å²) in [5.74, 6) is 1.18. The molecular formula is C23H27ClN6O2. The van der Waals surface area contributed by atoms with Crippen molar-refractivity contribution in [1.29, 1.82) is 0 Å². The van der Waals surface area contributed by atoms with Gasteiger partial charge in [-0.15, -0.1) is 5.10 Å². The SMILES string of the molecule is O=C(c1ccco1)N1CCN([C@H](c2ccc(Cl)cc2)c2nnnn2C2CCCCC2)CC1. The highest BCUT2D eigenvalue weighted by atomic mass is 35.5. The lowest BCUT2D eigenvalue weighted by molar-refractivity contribution is 0.0557. The molecule has 1 atom stereocenters. The Morgan fingerprint density at radius 2 is 1.78 bits per heavy atom. The van der Waals surface area contributed by atoms with Crippen molar-refractivity contribution < 1.29 is 9.21 Å². The molecule has 1 saturated heterocycles. The number of aromatic nitrogens is 4. The van der Waals surface area contributed by atoms with Gasteiger partial charge in [0.2, 0.25) is 0 Å². The maximum absolute atomic E-state index is 12.7. The van der Waals surface area contributed by atoms with Gasteiger partial charge in [-0.05, 0) is 53.1 Å². The van der Waals surface area contributed by atoms with E-state index in [-0.39, 0.29) is 11.9 Å². The van der Waals surface area contributed by atoms with Crippen LogP contribution in [0.15, 0.2) is 47.1 Å². The third-order valence-electron chi connectivity index (χ3n) is 6.57. The van der Waals surface area contributed by atoms with Crippen molar-refractivity contribution in [2.45, 2.75) is 44.2 Å². The number of hydrogen-bond acceptors (Lipinski definition) is 6. The van der Waals surface area contributed by atoms with E-state index in [2.05, 4.69) is 20.4 Å². The lowest BCUT2D eigenvalue weighted by Gasteiger charge is -2.39. The van der Waals surface area contributed by atoms with Crippen molar-refractivity contribution in [3.63, 3.8) is 0 Å². The van der Waals surface area contributed by atoms with Crippen LogP contribution in [0, 0.1) is 0 Å². The van der Waals surface area contributed by atoms with Gasteiger partial charge >= 0.3 is 0 Å². The van der Waals surface area contributed by atoms with E-state index >= 15 is 0 Å². The first-order chi connectivity index (χ1) is 15.7. The van der Waals surface area contributed by atoms with E-state index in [1.807, 2.05) is 33.8 Å². The second-order valence-electron chi connectivity index (χ2n) is 8.53. The molecule has 9 heteroatoms. The Morgan fingerprint density at radius 3 is 2.47 bits per heavy atom. The minimum atomic E-state index is -0.0925. The normalized spacial score (nSPS) is 19.2. The molecule has 3 aromatic rings. The summed E-state index contributed by atoms with van der Waals surface area (Å²) in [5, 5.41) is 13.7. The molecule has 0 radical (unpaired) electrons. The van der Waals surface area contributed by atoms with Gasteiger partial charge < -0.3 is 9.32 Å². The highest BCUT2D eigenvalue weighted by Gasteiger charge is 2.34. The average Bonchev–Trinajstić information content (AvgIpc) is 3.54. The minimum Gasteiger partial charge on any atom is -0.459 e. The Labute approximate surface area is 192 Å². The molecule has 0 unspecified atom stereocenters. The highest BCUT2D eigenvalue weighted by molar-refractivity contribution is 6.30. The van der Waals surface area contributed by atoms with Gasteiger partial charge in [0.25, 0.3) is 5.91 Å². The number of hydrogen-bond donors (Lipinski definition) is 0. The van der Waals surface area contributed by atoms with E-state index in [1.165, 1.54) is 25.5 Å². The molecule has 3 heterocycles. The lowest BCUT2D eigenvalue weighted by Crippen LogP contribution is -2.50. The van der Waals surface area contributed by atoms with E-state index in [0.29, 0.717) is 29.9 Å². The second-order valence-corrected chi connectivity index (χ2v) is 8.97. The minimum absolute atomic E-state index is 0.0651. The third kappa shape index (κ3) is 4.29. The molecule has 8 nitrogen and oxygen atoms in total. The second kappa shape index (κ2) is 9.42. The van der Waals surface area contributed by atoms with E-state index in [0.717, 1.165) is 37.3 Å². The number of nitrogens with zero attached hydrogens (tertiary/aromatic N) is 6. The van der Waals surface area contributed by atoms with Crippen LogP contribution in [0.2, 0.25) is 5.02 Å². The summed E-state index contributed by atoms with van der Waals surface area (Å²) in [7, 11) is 0. The fourth-order valence-corrected chi connectivity index (χ4v) is 5.00. The first kappa shape index (κ1) is 21.2. The van der Waals surface area contributed by atoms with Crippen molar-refractivity contribution in [3.8, 4) is 0 Å². The van der Waals surface area contributed by atoms with Crippen LogP contribution in [-0.2, 0) is 0 Å². The van der Waals surface area contributed by atoms with E-state index < -0.39 is 0 Å². The van der Waals surface area contributed by atoms with E-state index in [4.69, 9.17) is 16.0 Å². The Balaban J connectivity index is 1.40. The number of furan rings is 1. The standard InChI is InChI=1S/C23H27ClN6O2/c24-18-10-8-17(9-11-18)21(22-25-26-27-30(22)19-5-2-1-3-6-19)28-12-14-29(15-13-28)23(31)20-7-4-16-32-20/h4,7-11,16,19,21H,1-3,5-6,12-15H2/t21-/m1/s1. The number of rotatable bonds is 5. The molecule has 0 N–H and O–H groups in total. The van der Waals surface area contributed by atoms with Gasteiger partial charge in [-0.25, -0.2) is 4.68 Å². The molecule has 168 valence electrons. The van der Waals surface area contributed by atoms with Gasteiger partial charge in [-0.3, -0.25) is 9.69 Å². The zero-order valence-corrected chi connectivity index (χ0v) is 18.7. The first-order valence-electron chi connectivity index (χ1n) is 11.3. The fourth-order valence-electron chi connectivity index (χ4n) is 4.87. The summed E-state index contributed by atoms with van der Waals surface area (Å²) in [5.41, 5.74) is 1.10. The number of amides is 1. The molecule has 1 aromatic carbocycles. The molecule has 32 heavy (non-hydrogen) atoms. The molecule has 2 fully saturated rings.